The Morgan fingerprint density at radius 3 is 2.67 bits per heavy atom. The number of nitrogens with one attached hydrogen (secondary N) is 1. The molecule has 2 fully saturated rings. The van der Waals surface area contributed by atoms with E-state index >= 15 is 0 Å². The van der Waals surface area contributed by atoms with Crippen molar-refractivity contribution in [2.75, 3.05) is 20.1 Å². The largest absolute Gasteiger partial charge is 0.445 e. The van der Waals surface area contributed by atoms with Crippen molar-refractivity contribution >= 4 is 6.09 Å². The summed E-state index contributed by atoms with van der Waals surface area (Å²) in [5, 5.41) is 2.96. The van der Waals surface area contributed by atoms with Gasteiger partial charge in [-0.25, -0.2) is 4.79 Å². The number of amides is 1. The topological polar surface area (TPSA) is 41.6 Å². The Labute approximate surface area is 107 Å². The minimum absolute atomic E-state index is 0.291. The number of benzene rings is 1. The quantitative estimate of drug-likeness (QED) is 0.878. The van der Waals surface area contributed by atoms with Crippen LogP contribution >= 0.6 is 0 Å². The van der Waals surface area contributed by atoms with Gasteiger partial charge in [-0.05, 0) is 24.4 Å². The highest BCUT2D eigenvalue weighted by Crippen LogP contribution is 2.44. The Morgan fingerprint density at radius 1 is 1.33 bits per heavy atom. The zero-order valence-electron chi connectivity index (χ0n) is 10.5. The molecule has 1 N–H and O–H groups in total. The molecule has 4 nitrogen and oxygen atoms in total. The summed E-state index contributed by atoms with van der Waals surface area (Å²) in [6.45, 7) is 2.53. The molecule has 0 aromatic heterocycles. The van der Waals surface area contributed by atoms with Crippen LogP contribution in [0.3, 0.4) is 0 Å². The number of piperidine rings is 1. The molecule has 0 radical (unpaired) electrons. The third kappa shape index (κ3) is 2.34. The third-order valence-corrected chi connectivity index (χ3v) is 3.87. The van der Waals surface area contributed by atoms with Gasteiger partial charge in [-0.1, -0.05) is 30.3 Å². The van der Waals surface area contributed by atoms with Gasteiger partial charge in [0.25, 0.3) is 0 Å². The summed E-state index contributed by atoms with van der Waals surface area (Å²) < 4.78 is 5.21. The van der Waals surface area contributed by atoms with Crippen molar-refractivity contribution in [2.24, 2.45) is 11.8 Å². The molecule has 1 saturated heterocycles. The van der Waals surface area contributed by atoms with Gasteiger partial charge in [0.15, 0.2) is 0 Å². The minimum atomic E-state index is -0.291. The summed E-state index contributed by atoms with van der Waals surface area (Å²) in [6, 6.07) is 10.1. The van der Waals surface area contributed by atoms with E-state index in [0.717, 1.165) is 18.7 Å². The molecule has 18 heavy (non-hydrogen) atoms. The fraction of sp³-hybridized carbons (Fsp3) is 0.500. The van der Waals surface area contributed by atoms with E-state index in [1.807, 2.05) is 30.3 Å². The number of hydrogen-bond donors (Lipinski definition) is 1. The van der Waals surface area contributed by atoms with Crippen LogP contribution < -0.4 is 5.32 Å². The Kier molecular flexibility index (Phi) is 2.96. The molecule has 3 rings (SSSR count). The average Bonchev–Trinajstić information content (AvgIpc) is 2.84. The van der Waals surface area contributed by atoms with Gasteiger partial charge in [-0.2, -0.15) is 0 Å². The molecule has 96 valence electrons. The molecule has 2 unspecified atom stereocenters. The smallest absolute Gasteiger partial charge is 0.407 e. The second kappa shape index (κ2) is 4.61. The molecular formula is C14H18N2O2. The van der Waals surface area contributed by atoms with Crippen LogP contribution in [0.2, 0.25) is 0 Å². The van der Waals surface area contributed by atoms with Crippen molar-refractivity contribution in [1.82, 2.24) is 10.2 Å². The van der Waals surface area contributed by atoms with Crippen LogP contribution in [0.15, 0.2) is 30.3 Å². The molecule has 2 aliphatic rings. The highest BCUT2D eigenvalue weighted by atomic mass is 16.5. The lowest BCUT2D eigenvalue weighted by Crippen LogP contribution is -2.33. The lowest BCUT2D eigenvalue weighted by Gasteiger charge is -2.13. The first-order chi connectivity index (χ1) is 8.74. The first-order valence-electron chi connectivity index (χ1n) is 6.40. The first kappa shape index (κ1) is 11.5. The van der Waals surface area contributed by atoms with Crippen LogP contribution in [-0.4, -0.2) is 37.2 Å². The molecular weight excluding hydrogens is 228 g/mol. The molecule has 4 heteroatoms. The van der Waals surface area contributed by atoms with Crippen molar-refractivity contribution in [3.8, 4) is 0 Å². The Morgan fingerprint density at radius 2 is 2.00 bits per heavy atom. The SMILES string of the molecule is CN1CC2C(C1)C2NC(=O)OCc1ccccc1. The molecule has 1 aromatic carbocycles. The van der Waals surface area contributed by atoms with Crippen LogP contribution in [0.4, 0.5) is 4.79 Å². The van der Waals surface area contributed by atoms with Crippen LogP contribution in [0, 0.1) is 11.8 Å². The van der Waals surface area contributed by atoms with Crippen molar-refractivity contribution in [3.63, 3.8) is 0 Å². The van der Waals surface area contributed by atoms with Gasteiger partial charge in [0, 0.05) is 19.1 Å². The predicted octanol–water partition coefficient (Wildman–Crippen LogP) is 1.47. The molecule has 1 aromatic rings. The number of alkyl carbamates (subject to hydrolysis) is 1. The van der Waals surface area contributed by atoms with E-state index in [1.54, 1.807) is 0 Å². The predicted molar refractivity (Wildman–Crippen MR) is 68.0 cm³/mol. The molecule has 1 aliphatic carbocycles. The highest BCUT2D eigenvalue weighted by molar-refractivity contribution is 5.68. The first-order valence-corrected chi connectivity index (χ1v) is 6.40. The number of likely N-dealkylation sites (tertiary alicyclic amines) is 1. The third-order valence-electron chi connectivity index (χ3n) is 3.87. The van der Waals surface area contributed by atoms with Gasteiger partial charge >= 0.3 is 6.09 Å². The summed E-state index contributed by atoms with van der Waals surface area (Å²) in [6.07, 6.45) is -0.291. The fourth-order valence-corrected chi connectivity index (χ4v) is 2.85. The van der Waals surface area contributed by atoms with Gasteiger partial charge in [0.2, 0.25) is 0 Å². The van der Waals surface area contributed by atoms with E-state index in [9.17, 15) is 4.79 Å². The van der Waals surface area contributed by atoms with Crippen LogP contribution in [0.5, 0.6) is 0 Å². The summed E-state index contributed by atoms with van der Waals surface area (Å²) in [5.74, 6) is 1.28. The Bertz CT molecular complexity index is 423. The van der Waals surface area contributed by atoms with E-state index < -0.39 is 0 Å². The van der Waals surface area contributed by atoms with Crippen molar-refractivity contribution in [3.05, 3.63) is 35.9 Å². The standard InChI is InChI=1S/C14H18N2O2/c1-16-7-11-12(8-16)13(11)15-14(17)18-9-10-5-3-2-4-6-10/h2-6,11-13H,7-9H2,1H3,(H,15,17). The summed E-state index contributed by atoms with van der Waals surface area (Å²) in [7, 11) is 2.12. The van der Waals surface area contributed by atoms with Gasteiger partial charge in [-0.15, -0.1) is 0 Å². The second-order valence-corrected chi connectivity index (χ2v) is 5.28. The highest BCUT2D eigenvalue weighted by Gasteiger charge is 2.55. The van der Waals surface area contributed by atoms with Gasteiger partial charge in [0.1, 0.15) is 6.61 Å². The van der Waals surface area contributed by atoms with E-state index in [2.05, 4.69) is 17.3 Å². The maximum absolute atomic E-state index is 11.6. The van der Waals surface area contributed by atoms with Gasteiger partial charge in [-0.3, -0.25) is 0 Å². The average molecular weight is 246 g/mol. The van der Waals surface area contributed by atoms with Crippen molar-refractivity contribution < 1.29 is 9.53 Å². The number of ether oxygens (including phenoxy) is 1. The van der Waals surface area contributed by atoms with E-state index in [1.165, 1.54) is 0 Å². The number of nitrogens with zero attached hydrogens (tertiary/aromatic N) is 1. The number of carbonyl (C=O) groups is 1. The van der Waals surface area contributed by atoms with Crippen molar-refractivity contribution in [2.45, 2.75) is 12.6 Å². The molecule has 1 amide bonds. The number of fused-ring (bicyclic) bond motifs is 1. The zero-order valence-corrected chi connectivity index (χ0v) is 10.5. The molecule has 1 saturated carbocycles. The fourth-order valence-electron chi connectivity index (χ4n) is 2.85. The Hall–Kier alpha value is -1.55. The normalized spacial score (nSPS) is 29.7. The van der Waals surface area contributed by atoms with Gasteiger partial charge < -0.3 is 15.0 Å². The number of hydrogen-bond acceptors (Lipinski definition) is 3. The Balaban J connectivity index is 1.41. The summed E-state index contributed by atoms with van der Waals surface area (Å²) in [5.41, 5.74) is 1.02. The number of rotatable bonds is 3. The summed E-state index contributed by atoms with van der Waals surface area (Å²) in [4.78, 5) is 13.9. The van der Waals surface area contributed by atoms with Crippen LogP contribution in [-0.2, 0) is 11.3 Å². The van der Waals surface area contributed by atoms with E-state index in [0.29, 0.717) is 24.5 Å². The van der Waals surface area contributed by atoms with E-state index in [-0.39, 0.29) is 6.09 Å². The van der Waals surface area contributed by atoms with Crippen LogP contribution in [0.25, 0.3) is 0 Å². The monoisotopic (exact) mass is 246 g/mol. The number of carbonyl (C=O) groups excluding carboxylic acids is 1. The lowest BCUT2D eigenvalue weighted by atomic mass is 10.2. The van der Waals surface area contributed by atoms with E-state index in [4.69, 9.17) is 4.74 Å². The van der Waals surface area contributed by atoms with Crippen molar-refractivity contribution in [1.29, 1.82) is 0 Å². The second-order valence-electron chi connectivity index (χ2n) is 5.28. The molecule has 0 spiro atoms. The zero-order chi connectivity index (χ0) is 12.5. The maximum Gasteiger partial charge on any atom is 0.407 e. The molecule has 0 bridgehead atoms. The van der Waals surface area contributed by atoms with Crippen LogP contribution in [0.1, 0.15) is 5.56 Å². The molecule has 1 heterocycles. The maximum atomic E-state index is 11.6. The van der Waals surface area contributed by atoms with Gasteiger partial charge in [0.05, 0.1) is 0 Å². The lowest BCUT2D eigenvalue weighted by molar-refractivity contribution is 0.137. The minimum Gasteiger partial charge on any atom is -0.445 e. The molecule has 1 aliphatic heterocycles. The summed E-state index contributed by atoms with van der Waals surface area (Å²) >= 11 is 0. The molecule has 2 atom stereocenters.